The zero-order valence-electron chi connectivity index (χ0n) is 13.0. The first-order chi connectivity index (χ1) is 10.9. The van der Waals surface area contributed by atoms with Gasteiger partial charge in [-0.2, -0.15) is 0 Å². The number of carboxylic acids is 1. The van der Waals surface area contributed by atoms with E-state index in [0.717, 1.165) is 6.42 Å². The third-order valence-corrected chi connectivity index (χ3v) is 4.53. The Morgan fingerprint density at radius 1 is 1.39 bits per heavy atom. The van der Waals surface area contributed by atoms with Crippen molar-refractivity contribution in [3.8, 4) is 0 Å². The van der Waals surface area contributed by atoms with Crippen molar-refractivity contribution >= 4 is 17.8 Å². The minimum Gasteiger partial charge on any atom is -0.478 e. The molecule has 1 heterocycles. The molecule has 1 saturated carbocycles. The zero-order chi connectivity index (χ0) is 16.6. The number of amides is 2. The van der Waals surface area contributed by atoms with Crippen molar-refractivity contribution in [2.24, 2.45) is 5.92 Å². The van der Waals surface area contributed by atoms with Crippen LogP contribution in [0, 0.1) is 5.92 Å². The fraction of sp³-hybridized carbons (Fsp3) is 0.471. The summed E-state index contributed by atoms with van der Waals surface area (Å²) >= 11 is 0. The van der Waals surface area contributed by atoms with Crippen molar-refractivity contribution in [2.45, 2.75) is 38.3 Å². The standard InChI is InChI=1S/C17H20N2O4/c1-10-5-14(10)19-9-13(8-16(19)21)18-15(20)7-11-3-2-4-12(6-11)17(22)23/h2-4,6,10,13-14H,5,7-9H2,1H3,(H,18,20)(H,22,23). The Bertz CT molecular complexity index is 658. The molecule has 2 fully saturated rings. The summed E-state index contributed by atoms with van der Waals surface area (Å²) in [6, 6.07) is 6.54. The Kier molecular flexibility index (Phi) is 4.07. The van der Waals surface area contributed by atoms with Gasteiger partial charge in [0.2, 0.25) is 11.8 Å². The second-order valence-electron chi connectivity index (χ2n) is 6.48. The molecule has 0 aromatic heterocycles. The van der Waals surface area contributed by atoms with Crippen LogP contribution in [0.5, 0.6) is 0 Å². The Morgan fingerprint density at radius 2 is 2.13 bits per heavy atom. The molecule has 1 saturated heterocycles. The van der Waals surface area contributed by atoms with Gasteiger partial charge in [0, 0.05) is 19.0 Å². The van der Waals surface area contributed by atoms with E-state index in [9.17, 15) is 14.4 Å². The lowest BCUT2D eigenvalue weighted by molar-refractivity contribution is -0.128. The number of carboxylic acid groups (broad SMARTS) is 1. The smallest absolute Gasteiger partial charge is 0.335 e. The third-order valence-electron chi connectivity index (χ3n) is 4.53. The normalized spacial score (nSPS) is 26.2. The fourth-order valence-electron chi connectivity index (χ4n) is 3.16. The summed E-state index contributed by atoms with van der Waals surface area (Å²) < 4.78 is 0. The van der Waals surface area contributed by atoms with Crippen LogP contribution in [0.15, 0.2) is 24.3 Å². The van der Waals surface area contributed by atoms with Crippen LogP contribution in [-0.4, -0.2) is 46.4 Å². The van der Waals surface area contributed by atoms with Gasteiger partial charge in [-0.25, -0.2) is 4.79 Å². The van der Waals surface area contributed by atoms with E-state index in [1.54, 1.807) is 12.1 Å². The molecule has 0 spiro atoms. The van der Waals surface area contributed by atoms with Crippen LogP contribution in [0.25, 0.3) is 0 Å². The third kappa shape index (κ3) is 3.52. The molecular weight excluding hydrogens is 296 g/mol. The Balaban J connectivity index is 1.55. The highest BCUT2D eigenvalue weighted by atomic mass is 16.4. The number of benzene rings is 1. The van der Waals surface area contributed by atoms with Crippen LogP contribution in [-0.2, 0) is 16.0 Å². The Morgan fingerprint density at radius 3 is 2.78 bits per heavy atom. The van der Waals surface area contributed by atoms with E-state index in [0.29, 0.717) is 30.5 Å². The Labute approximate surface area is 134 Å². The lowest BCUT2D eigenvalue weighted by Gasteiger charge is -2.17. The van der Waals surface area contributed by atoms with Crippen molar-refractivity contribution in [2.75, 3.05) is 6.54 Å². The molecule has 2 amide bonds. The SMILES string of the molecule is CC1CC1N1CC(NC(=O)Cc2cccc(C(=O)O)c2)CC1=O. The molecule has 0 bridgehead atoms. The van der Waals surface area contributed by atoms with Crippen LogP contribution in [0.2, 0.25) is 0 Å². The second-order valence-corrected chi connectivity index (χ2v) is 6.48. The maximum Gasteiger partial charge on any atom is 0.335 e. The summed E-state index contributed by atoms with van der Waals surface area (Å²) in [5.41, 5.74) is 0.819. The monoisotopic (exact) mass is 316 g/mol. The summed E-state index contributed by atoms with van der Waals surface area (Å²) in [5.74, 6) is -0.524. The molecule has 23 heavy (non-hydrogen) atoms. The number of nitrogens with zero attached hydrogens (tertiary/aromatic N) is 1. The van der Waals surface area contributed by atoms with Crippen LogP contribution in [0.3, 0.4) is 0 Å². The topological polar surface area (TPSA) is 86.7 Å². The van der Waals surface area contributed by atoms with E-state index in [-0.39, 0.29) is 29.8 Å². The lowest BCUT2D eigenvalue weighted by Crippen LogP contribution is -2.38. The van der Waals surface area contributed by atoms with Gasteiger partial charge in [0.1, 0.15) is 0 Å². The zero-order valence-corrected chi connectivity index (χ0v) is 13.0. The number of aromatic carboxylic acids is 1. The highest BCUT2D eigenvalue weighted by Crippen LogP contribution is 2.37. The van der Waals surface area contributed by atoms with E-state index < -0.39 is 5.97 Å². The number of hydrogen-bond donors (Lipinski definition) is 2. The number of carbonyl (C=O) groups excluding carboxylic acids is 2. The number of nitrogens with one attached hydrogen (secondary N) is 1. The van der Waals surface area contributed by atoms with Crippen molar-refractivity contribution in [1.82, 2.24) is 10.2 Å². The van der Waals surface area contributed by atoms with Crippen LogP contribution >= 0.6 is 0 Å². The molecule has 2 N–H and O–H groups in total. The van der Waals surface area contributed by atoms with Crippen LogP contribution < -0.4 is 5.32 Å². The highest BCUT2D eigenvalue weighted by molar-refractivity contribution is 5.88. The predicted octanol–water partition coefficient (Wildman–Crippen LogP) is 1.05. The molecule has 3 rings (SSSR count). The molecule has 6 nitrogen and oxygen atoms in total. The van der Waals surface area contributed by atoms with Crippen molar-refractivity contribution in [3.63, 3.8) is 0 Å². The van der Waals surface area contributed by atoms with E-state index in [2.05, 4.69) is 12.2 Å². The lowest BCUT2D eigenvalue weighted by atomic mass is 10.1. The van der Waals surface area contributed by atoms with E-state index in [1.165, 1.54) is 12.1 Å². The largest absolute Gasteiger partial charge is 0.478 e. The molecule has 0 radical (unpaired) electrons. The van der Waals surface area contributed by atoms with Gasteiger partial charge in [-0.3, -0.25) is 9.59 Å². The molecule has 6 heteroatoms. The number of likely N-dealkylation sites (tertiary alicyclic amines) is 1. The molecule has 1 aliphatic carbocycles. The molecule has 3 atom stereocenters. The summed E-state index contributed by atoms with van der Waals surface area (Å²) in [4.78, 5) is 36.9. The maximum absolute atomic E-state index is 12.1. The second kappa shape index (κ2) is 6.02. The van der Waals surface area contributed by atoms with Gasteiger partial charge in [-0.1, -0.05) is 19.1 Å². The van der Waals surface area contributed by atoms with Gasteiger partial charge in [0.25, 0.3) is 0 Å². The summed E-state index contributed by atoms with van der Waals surface area (Å²) in [6.07, 6.45) is 1.52. The van der Waals surface area contributed by atoms with Gasteiger partial charge in [0.05, 0.1) is 18.0 Å². The first kappa shape index (κ1) is 15.5. The Hall–Kier alpha value is -2.37. The maximum atomic E-state index is 12.1. The molecule has 1 aliphatic heterocycles. The summed E-state index contributed by atoms with van der Waals surface area (Å²) in [6.45, 7) is 2.70. The number of rotatable bonds is 5. The molecule has 2 aliphatic rings. The van der Waals surface area contributed by atoms with Crippen molar-refractivity contribution in [1.29, 1.82) is 0 Å². The van der Waals surface area contributed by atoms with Crippen molar-refractivity contribution in [3.05, 3.63) is 35.4 Å². The van der Waals surface area contributed by atoms with E-state index in [4.69, 9.17) is 5.11 Å². The quantitative estimate of drug-likeness (QED) is 0.850. The average molecular weight is 316 g/mol. The fourth-order valence-corrected chi connectivity index (χ4v) is 3.16. The number of carbonyl (C=O) groups is 3. The highest BCUT2D eigenvalue weighted by Gasteiger charge is 2.44. The first-order valence-corrected chi connectivity index (χ1v) is 7.85. The molecule has 1 aromatic carbocycles. The van der Waals surface area contributed by atoms with Gasteiger partial charge in [-0.05, 0) is 30.0 Å². The summed E-state index contributed by atoms with van der Waals surface area (Å²) in [5, 5.41) is 11.9. The number of hydrogen-bond acceptors (Lipinski definition) is 3. The average Bonchev–Trinajstić information content (AvgIpc) is 3.09. The molecule has 1 aromatic rings. The van der Waals surface area contributed by atoms with Crippen molar-refractivity contribution < 1.29 is 19.5 Å². The van der Waals surface area contributed by atoms with E-state index >= 15 is 0 Å². The first-order valence-electron chi connectivity index (χ1n) is 7.85. The van der Waals surface area contributed by atoms with Gasteiger partial charge in [0.15, 0.2) is 0 Å². The van der Waals surface area contributed by atoms with Crippen LogP contribution in [0.4, 0.5) is 0 Å². The molecular formula is C17H20N2O4. The van der Waals surface area contributed by atoms with Gasteiger partial charge < -0.3 is 15.3 Å². The van der Waals surface area contributed by atoms with E-state index in [1.807, 2.05) is 4.90 Å². The van der Waals surface area contributed by atoms with Crippen LogP contribution in [0.1, 0.15) is 35.7 Å². The minimum absolute atomic E-state index is 0.109. The molecule has 122 valence electrons. The minimum atomic E-state index is -1.01. The molecule has 3 unspecified atom stereocenters. The predicted molar refractivity (Wildman–Crippen MR) is 82.9 cm³/mol. The summed E-state index contributed by atoms with van der Waals surface area (Å²) in [7, 11) is 0. The van der Waals surface area contributed by atoms with Gasteiger partial charge >= 0.3 is 5.97 Å². The van der Waals surface area contributed by atoms with Gasteiger partial charge in [-0.15, -0.1) is 0 Å².